The van der Waals surface area contributed by atoms with Crippen molar-refractivity contribution in [2.45, 2.75) is 33.7 Å². The fraction of sp³-hybridized carbons (Fsp3) is 0.400. The van der Waals surface area contributed by atoms with Gasteiger partial charge in [0.15, 0.2) is 0 Å². The number of likely N-dealkylation sites (N-methyl/N-ethyl adjacent to an activating group) is 1. The average Bonchev–Trinajstić information content (AvgIpc) is 2.55. The Morgan fingerprint density at radius 1 is 1.18 bits per heavy atom. The van der Waals surface area contributed by atoms with Gasteiger partial charge in [0.05, 0.1) is 0 Å². The second-order valence-corrected chi connectivity index (χ2v) is 6.11. The van der Waals surface area contributed by atoms with Crippen LogP contribution in [0, 0.1) is 0 Å². The van der Waals surface area contributed by atoms with Crippen LogP contribution in [-0.2, 0) is 6.54 Å². The second kappa shape index (κ2) is 8.00. The van der Waals surface area contributed by atoms with Crippen molar-refractivity contribution in [1.29, 1.82) is 0 Å². The summed E-state index contributed by atoms with van der Waals surface area (Å²) in [4.78, 5) is 4.78. The fourth-order valence-corrected chi connectivity index (χ4v) is 2.59. The summed E-state index contributed by atoms with van der Waals surface area (Å²) < 4.78 is 0. The summed E-state index contributed by atoms with van der Waals surface area (Å²) in [5.41, 5.74) is 5.46. The first-order valence-electron chi connectivity index (χ1n) is 8.10. The molecule has 0 aliphatic carbocycles. The Hall–Kier alpha value is -1.80. The van der Waals surface area contributed by atoms with E-state index in [0.717, 1.165) is 26.1 Å². The van der Waals surface area contributed by atoms with Gasteiger partial charge >= 0.3 is 0 Å². The molecule has 2 nitrogen and oxygen atoms in total. The monoisotopic (exact) mass is 296 g/mol. The first-order chi connectivity index (χ1) is 10.6. The van der Waals surface area contributed by atoms with Gasteiger partial charge < -0.3 is 9.80 Å². The van der Waals surface area contributed by atoms with Crippen LogP contribution >= 0.6 is 0 Å². The molecule has 0 amide bonds. The molecule has 0 unspecified atom stereocenters. The Bertz CT molecular complexity index is 567. The van der Waals surface area contributed by atoms with Crippen LogP contribution in [0.2, 0.25) is 0 Å². The van der Waals surface area contributed by atoms with Crippen molar-refractivity contribution in [2.24, 2.45) is 0 Å². The SMILES string of the molecule is C/C=C(C)/C(C)=C/N(Cc1ccccc1)C1=CCN(C)CC1. The standard InChI is InChI=1S/C20H28N2/c1-5-17(2)18(3)15-22(16-19-9-7-6-8-10-19)20-11-13-21(4)14-12-20/h5-11,15H,12-14,16H2,1-4H3/b17-5+,18-15+. The van der Waals surface area contributed by atoms with Gasteiger partial charge in [0, 0.05) is 38.0 Å². The molecule has 1 aromatic rings. The van der Waals surface area contributed by atoms with Crippen LogP contribution in [0.3, 0.4) is 0 Å². The summed E-state index contributed by atoms with van der Waals surface area (Å²) in [6.07, 6.45) is 7.96. The molecule has 0 atom stereocenters. The third-order valence-electron chi connectivity index (χ3n) is 4.36. The maximum absolute atomic E-state index is 2.42. The predicted octanol–water partition coefficient (Wildman–Crippen LogP) is 4.58. The van der Waals surface area contributed by atoms with Gasteiger partial charge in [-0.1, -0.05) is 48.1 Å². The molecule has 0 saturated carbocycles. The first-order valence-corrected chi connectivity index (χ1v) is 8.10. The third-order valence-corrected chi connectivity index (χ3v) is 4.36. The van der Waals surface area contributed by atoms with Gasteiger partial charge in [0.2, 0.25) is 0 Å². The van der Waals surface area contributed by atoms with Gasteiger partial charge in [0.25, 0.3) is 0 Å². The van der Waals surface area contributed by atoms with E-state index in [2.05, 4.69) is 86.3 Å². The van der Waals surface area contributed by atoms with E-state index in [9.17, 15) is 0 Å². The fourth-order valence-electron chi connectivity index (χ4n) is 2.59. The molecule has 0 aromatic heterocycles. The topological polar surface area (TPSA) is 6.48 Å². The first kappa shape index (κ1) is 16.6. The van der Waals surface area contributed by atoms with E-state index in [0.29, 0.717) is 0 Å². The maximum Gasteiger partial charge on any atom is 0.0472 e. The van der Waals surface area contributed by atoms with Crippen molar-refractivity contribution in [3.63, 3.8) is 0 Å². The van der Waals surface area contributed by atoms with Gasteiger partial charge in [0.1, 0.15) is 0 Å². The highest BCUT2D eigenvalue weighted by Gasteiger charge is 2.14. The van der Waals surface area contributed by atoms with Crippen LogP contribution in [0.15, 0.2) is 65.5 Å². The lowest BCUT2D eigenvalue weighted by atomic mass is 10.1. The molecule has 2 rings (SSSR count). The van der Waals surface area contributed by atoms with E-state index in [1.807, 2.05) is 0 Å². The smallest absolute Gasteiger partial charge is 0.0472 e. The van der Waals surface area contributed by atoms with Crippen LogP contribution in [-0.4, -0.2) is 29.9 Å². The molecule has 0 saturated heterocycles. The molecule has 118 valence electrons. The molecule has 0 N–H and O–H groups in total. The van der Waals surface area contributed by atoms with Gasteiger partial charge in [-0.2, -0.15) is 0 Å². The Morgan fingerprint density at radius 2 is 1.91 bits per heavy atom. The van der Waals surface area contributed by atoms with Crippen LogP contribution in [0.25, 0.3) is 0 Å². The number of rotatable bonds is 5. The molecule has 0 radical (unpaired) electrons. The zero-order valence-electron chi connectivity index (χ0n) is 14.3. The molecule has 1 aliphatic rings. The summed E-state index contributed by atoms with van der Waals surface area (Å²) >= 11 is 0. The number of benzene rings is 1. The zero-order valence-corrected chi connectivity index (χ0v) is 14.3. The predicted molar refractivity (Wildman–Crippen MR) is 95.4 cm³/mol. The Balaban J connectivity index is 2.24. The maximum atomic E-state index is 2.42. The Morgan fingerprint density at radius 3 is 2.50 bits per heavy atom. The van der Waals surface area contributed by atoms with Crippen molar-refractivity contribution < 1.29 is 0 Å². The second-order valence-electron chi connectivity index (χ2n) is 6.11. The molecule has 0 spiro atoms. The lowest BCUT2D eigenvalue weighted by Crippen LogP contribution is -2.29. The summed E-state index contributed by atoms with van der Waals surface area (Å²) in [6, 6.07) is 10.7. The Labute approximate surface area is 135 Å². The van der Waals surface area contributed by atoms with Crippen molar-refractivity contribution in [3.8, 4) is 0 Å². The number of hydrogen-bond acceptors (Lipinski definition) is 2. The van der Waals surface area contributed by atoms with E-state index < -0.39 is 0 Å². The van der Waals surface area contributed by atoms with Crippen molar-refractivity contribution in [3.05, 3.63) is 71.1 Å². The molecule has 0 bridgehead atoms. The minimum atomic E-state index is 0.935. The minimum absolute atomic E-state index is 0.935. The van der Waals surface area contributed by atoms with Crippen molar-refractivity contribution in [2.75, 3.05) is 20.1 Å². The molecule has 22 heavy (non-hydrogen) atoms. The summed E-state index contributed by atoms with van der Waals surface area (Å²) in [5, 5.41) is 0. The van der Waals surface area contributed by atoms with Crippen molar-refractivity contribution in [1.82, 2.24) is 9.80 Å². The molecule has 1 aromatic carbocycles. The molecule has 2 heteroatoms. The highest BCUT2D eigenvalue weighted by Crippen LogP contribution is 2.21. The lowest BCUT2D eigenvalue weighted by molar-refractivity contribution is 0.320. The third kappa shape index (κ3) is 4.60. The van der Waals surface area contributed by atoms with E-state index in [1.54, 1.807) is 0 Å². The number of hydrogen-bond donors (Lipinski definition) is 0. The van der Waals surface area contributed by atoms with Gasteiger partial charge in [-0.15, -0.1) is 0 Å². The van der Waals surface area contributed by atoms with E-state index in [4.69, 9.17) is 0 Å². The summed E-state index contributed by atoms with van der Waals surface area (Å²) in [7, 11) is 2.18. The zero-order chi connectivity index (χ0) is 15.9. The quantitative estimate of drug-likeness (QED) is 0.734. The van der Waals surface area contributed by atoms with Gasteiger partial charge in [-0.25, -0.2) is 0 Å². The summed E-state index contributed by atoms with van der Waals surface area (Å²) in [5.74, 6) is 0. The normalized spacial score (nSPS) is 17.4. The summed E-state index contributed by atoms with van der Waals surface area (Å²) in [6.45, 7) is 9.58. The molecular weight excluding hydrogens is 268 g/mol. The van der Waals surface area contributed by atoms with E-state index in [-0.39, 0.29) is 0 Å². The molecule has 1 heterocycles. The van der Waals surface area contributed by atoms with E-state index >= 15 is 0 Å². The average molecular weight is 296 g/mol. The molecule has 1 aliphatic heterocycles. The number of nitrogens with zero attached hydrogens (tertiary/aromatic N) is 2. The van der Waals surface area contributed by atoms with Gasteiger partial charge in [-0.05, 0) is 39.0 Å². The largest absolute Gasteiger partial charge is 0.347 e. The highest BCUT2D eigenvalue weighted by molar-refractivity contribution is 5.28. The molecular formula is C20H28N2. The van der Waals surface area contributed by atoms with Gasteiger partial charge in [-0.3, -0.25) is 0 Å². The van der Waals surface area contributed by atoms with Crippen molar-refractivity contribution >= 4 is 0 Å². The molecule has 0 fully saturated rings. The highest BCUT2D eigenvalue weighted by atomic mass is 15.2. The lowest BCUT2D eigenvalue weighted by Gasteiger charge is -2.30. The Kier molecular flexibility index (Phi) is 6.02. The van der Waals surface area contributed by atoms with Crippen LogP contribution in [0.4, 0.5) is 0 Å². The van der Waals surface area contributed by atoms with Crippen LogP contribution in [0.5, 0.6) is 0 Å². The number of allylic oxidation sites excluding steroid dienone is 3. The van der Waals surface area contributed by atoms with Crippen LogP contribution in [0.1, 0.15) is 32.8 Å². The van der Waals surface area contributed by atoms with E-state index in [1.165, 1.54) is 22.4 Å². The van der Waals surface area contributed by atoms with Crippen LogP contribution < -0.4 is 0 Å². The minimum Gasteiger partial charge on any atom is -0.347 e.